The fourth-order valence-corrected chi connectivity index (χ4v) is 2.70. The van der Waals surface area contributed by atoms with E-state index in [-0.39, 0.29) is 0 Å². The van der Waals surface area contributed by atoms with Gasteiger partial charge in [0, 0.05) is 12.1 Å². The number of hydrogen-bond acceptors (Lipinski definition) is 2. The van der Waals surface area contributed by atoms with Crippen LogP contribution in [0.15, 0.2) is 11.6 Å². The number of hydrogen-bond donors (Lipinski definition) is 0. The first-order chi connectivity index (χ1) is 7.93. The summed E-state index contributed by atoms with van der Waals surface area (Å²) in [5, 5.41) is 0. The molecular formula is C15H29NO. The zero-order chi connectivity index (χ0) is 13.0. The van der Waals surface area contributed by atoms with E-state index in [1.165, 1.54) is 18.4 Å². The molecule has 1 aliphatic rings. The van der Waals surface area contributed by atoms with Crippen LogP contribution in [0.2, 0.25) is 0 Å². The number of allylic oxidation sites excluding steroid dienone is 2. The van der Waals surface area contributed by atoms with Crippen molar-refractivity contribution in [1.29, 1.82) is 0 Å². The summed E-state index contributed by atoms with van der Waals surface area (Å²) in [4.78, 5) is 2.52. The maximum Gasteiger partial charge on any atom is 0.113 e. The predicted molar refractivity (Wildman–Crippen MR) is 74.0 cm³/mol. The van der Waals surface area contributed by atoms with Gasteiger partial charge in [0.05, 0.1) is 6.61 Å². The minimum absolute atomic E-state index is 0.315. The van der Waals surface area contributed by atoms with Crippen molar-refractivity contribution in [2.24, 2.45) is 5.92 Å². The van der Waals surface area contributed by atoms with Crippen LogP contribution in [0.4, 0.5) is 0 Å². The van der Waals surface area contributed by atoms with Crippen molar-refractivity contribution in [2.75, 3.05) is 6.61 Å². The van der Waals surface area contributed by atoms with Gasteiger partial charge in [-0.1, -0.05) is 18.6 Å². The third-order valence-corrected chi connectivity index (χ3v) is 3.57. The monoisotopic (exact) mass is 239 g/mol. The normalized spacial score (nSPS) is 27.5. The highest BCUT2D eigenvalue weighted by Crippen LogP contribution is 2.27. The van der Waals surface area contributed by atoms with Gasteiger partial charge in [-0.3, -0.25) is 4.90 Å². The van der Waals surface area contributed by atoms with Gasteiger partial charge >= 0.3 is 0 Å². The molecule has 1 saturated heterocycles. The number of rotatable bonds is 5. The molecule has 0 N–H and O–H groups in total. The molecule has 0 amide bonds. The topological polar surface area (TPSA) is 12.5 Å². The van der Waals surface area contributed by atoms with Crippen LogP contribution in [0.1, 0.15) is 54.4 Å². The van der Waals surface area contributed by atoms with Gasteiger partial charge in [-0.15, -0.1) is 0 Å². The van der Waals surface area contributed by atoms with Crippen LogP contribution in [0.25, 0.3) is 0 Å². The third kappa shape index (κ3) is 4.11. The first kappa shape index (κ1) is 14.7. The maximum absolute atomic E-state index is 5.96. The predicted octanol–water partition coefficient (Wildman–Crippen LogP) is 3.82. The van der Waals surface area contributed by atoms with E-state index < -0.39 is 0 Å². The van der Waals surface area contributed by atoms with Gasteiger partial charge < -0.3 is 4.74 Å². The zero-order valence-corrected chi connectivity index (χ0v) is 12.4. The van der Waals surface area contributed by atoms with Crippen LogP contribution in [-0.4, -0.2) is 29.8 Å². The van der Waals surface area contributed by atoms with E-state index in [1.54, 1.807) is 0 Å². The minimum atomic E-state index is 0.315. The molecule has 2 nitrogen and oxygen atoms in total. The van der Waals surface area contributed by atoms with Gasteiger partial charge in [-0.05, 0) is 53.4 Å². The molecule has 0 aromatic carbocycles. The minimum Gasteiger partial charge on any atom is -0.361 e. The summed E-state index contributed by atoms with van der Waals surface area (Å²) in [7, 11) is 0. The molecule has 17 heavy (non-hydrogen) atoms. The standard InChI is InChI=1S/C15H29NO/c1-11(2)8-7-9-13(5)15-16(12(3)4)14(6)10-17-15/h8,12-15H,7,9-10H2,1-6H3. The molecular weight excluding hydrogens is 210 g/mol. The zero-order valence-electron chi connectivity index (χ0n) is 12.4. The Bertz CT molecular complexity index is 256. The highest BCUT2D eigenvalue weighted by atomic mass is 16.5. The molecule has 0 radical (unpaired) electrons. The van der Waals surface area contributed by atoms with E-state index >= 15 is 0 Å². The first-order valence-electron chi connectivity index (χ1n) is 6.96. The van der Waals surface area contributed by atoms with Crippen molar-refractivity contribution >= 4 is 0 Å². The van der Waals surface area contributed by atoms with Crippen LogP contribution >= 0.6 is 0 Å². The third-order valence-electron chi connectivity index (χ3n) is 3.57. The lowest BCUT2D eigenvalue weighted by Crippen LogP contribution is -2.43. The molecule has 100 valence electrons. The van der Waals surface area contributed by atoms with Crippen LogP contribution in [0.3, 0.4) is 0 Å². The van der Waals surface area contributed by atoms with Crippen molar-refractivity contribution in [3.05, 3.63) is 11.6 Å². The van der Waals surface area contributed by atoms with Crippen molar-refractivity contribution in [3.63, 3.8) is 0 Å². The van der Waals surface area contributed by atoms with E-state index in [0.29, 0.717) is 24.2 Å². The smallest absolute Gasteiger partial charge is 0.113 e. The van der Waals surface area contributed by atoms with Crippen molar-refractivity contribution in [1.82, 2.24) is 4.90 Å². The fourth-order valence-electron chi connectivity index (χ4n) is 2.70. The quantitative estimate of drug-likeness (QED) is 0.676. The number of ether oxygens (including phenoxy) is 1. The molecule has 0 aromatic heterocycles. The Morgan fingerprint density at radius 1 is 1.35 bits per heavy atom. The largest absolute Gasteiger partial charge is 0.361 e. The van der Waals surface area contributed by atoms with Crippen LogP contribution in [0.5, 0.6) is 0 Å². The molecule has 1 rings (SSSR count). The van der Waals surface area contributed by atoms with Crippen LogP contribution in [0, 0.1) is 5.92 Å². The summed E-state index contributed by atoms with van der Waals surface area (Å²) >= 11 is 0. The molecule has 0 spiro atoms. The lowest BCUT2D eigenvalue weighted by molar-refractivity contribution is -0.0259. The van der Waals surface area contributed by atoms with E-state index in [9.17, 15) is 0 Å². The molecule has 1 heterocycles. The van der Waals surface area contributed by atoms with E-state index in [4.69, 9.17) is 4.74 Å². The van der Waals surface area contributed by atoms with Crippen LogP contribution in [-0.2, 0) is 4.74 Å². The molecule has 1 fully saturated rings. The highest BCUT2D eigenvalue weighted by molar-refractivity contribution is 4.93. The maximum atomic E-state index is 5.96. The molecule has 1 aliphatic heterocycles. The molecule has 0 saturated carbocycles. The Labute approximate surface area is 107 Å². The Hall–Kier alpha value is -0.340. The second kappa shape index (κ2) is 6.55. The van der Waals surface area contributed by atoms with Crippen molar-refractivity contribution in [2.45, 2.75) is 72.7 Å². The molecule has 0 aromatic rings. The second-order valence-electron chi connectivity index (χ2n) is 5.95. The SMILES string of the molecule is CC(C)=CCCC(C)C1OCC(C)N1C(C)C. The van der Waals surface area contributed by atoms with Gasteiger partial charge in [-0.25, -0.2) is 0 Å². The van der Waals surface area contributed by atoms with Gasteiger partial charge in [0.15, 0.2) is 0 Å². The second-order valence-corrected chi connectivity index (χ2v) is 5.95. The van der Waals surface area contributed by atoms with E-state index in [2.05, 4.69) is 52.5 Å². The lowest BCUT2D eigenvalue weighted by atomic mass is 10.0. The number of nitrogens with zero attached hydrogens (tertiary/aromatic N) is 1. The molecule has 3 atom stereocenters. The first-order valence-corrected chi connectivity index (χ1v) is 6.96. The summed E-state index contributed by atoms with van der Waals surface area (Å²) in [6.45, 7) is 14.3. The highest BCUT2D eigenvalue weighted by Gasteiger charge is 2.36. The average Bonchev–Trinajstić information content (AvgIpc) is 2.59. The van der Waals surface area contributed by atoms with E-state index in [0.717, 1.165) is 6.61 Å². The van der Waals surface area contributed by atoms with Crippen LogP contribution < -0.4 is 0 Å². The Balaban J connectivity index is 2.50. The fraction of sp³-hybridized carbons (Fsp3) is 0.867. The van der Waals surface area contributed by atoms with Crippen molar-refractivity contribution < 1.29 is 4.74 Å². The van der Waals surface area contributed by atoms with Gasteiger partial charge in [0.25, 0.3) is 0 Å². The Morgan fingerprint density at radius 3 is 2.53 bits per heavy atom. The molecule has 0 bridgehead atoms. The molecule has 2 heteroatoms. The van der Waals surface area contributed by atoms with Gasteiger partial charge in [0.2, 0.25) is 0 Å². The molecule has 0 aliphatic carbocycles. The van der Waals surface area contributed by atoms with E-state index in [1.807, 2.05) is 0 Å². The lowest BCUT2D eigenvalue weighted by Gasteiger charge is -2.33. The van der Waals surface area contributed by atoms with Gasteiger partial charge in [-0.2, -0.15) is 0 Å². The Kier molecular flexibility index (Phi) is 5.68. The summed E-state index contributed by atoms with van der Waals surface area (Å²) in [6.07, 6.45) is 5.03. The summed E-state index contributed by atoms with van der Waals surface area (Å²) in [5.74, 6) is 0.609. The van der Waals surface area contributed by atoms with Gasteiger partial charge in [0.1, 0.15) is 6.23 Å². The summed E-state index contributed by atoms with van der Waals surface area (Å²) in [6, 6.07) is 1.13. The van der Waals surface area contributed by atoms with Crippen molar-refractivity contribution in [3.8, 4) is 0 Å². The summed E-state index contributed by atoms with van der Waals surface area (Å²) in [5.41, 5.74) is 1.42. The summed E-state index contributed by atoms with van der Waals surface area (Å²) < 4.78 is 5.96. The molecule has 3 unspecified atom stereocenters. The Morgan fingerprint density at radius 2 is 2.00 bits per heavy atom. The average molecular weight is 239 g/mol.